The van der Waals surface area contributed by atoms with Gasteiger partial charge in [0, 0.05) is 31.8 Å². The number of aromatic hydroxyl groups is 1. The number of amides is 1. The third-order valence-corrected chi connectivity index (χ3v) is 4.32. The molecule has 1 amide bonds. The molecule has 0 radical (unpaired) electrons. The van der Waals surface area contributed by atoms with Gasteiger partial charge >= 0.3 is 16.5 Å². The van der Waals surface area contributed by atoms with Crippen LogP contribution in [0.15, 0.2) is 56.6 Å². The van der Waals surface area contributed by atoms with Gasteiger partial charge in [-0.15, -0.1) is 0 Å². The van der Waals surface area contributed by atoms with Crippen LogP contribution in [0.4, 0.5) is 0 Å². The van der Waals surface area contributed by atoms with E-state index in [1.54, 1.807) is 44.4 Å². The van der Waals surface area contributed by atoms with E-state index in [2.05, 4.69) is 0 Å². The van der Waals surface area contributed by atoms with Gasteiger partial charge in [-0.2, -0.15) is 0 Å². The van der Waals surface area contributed by atoms with Gasteiger partial charge in [-0.1, -0.05) is 36.1 Å². The van der Waals surface area contributed by atoms with Crippen LogP contribution in [-0.4, -0.2) is 49.0 Å². The summed E-state index contributed by atoms with van der Waals surface area (Å²) in [5.41, 5.74) is -0.551. The third-order valence-electron chi connectivity index (χ3n) is 3.43. The molecular weight excluding hydrogens is 529 g/mol. The van der Waals surface area contributed by atoms with Gasteiger partial charge in [-0.05, 0) is 0 Å². The van der Waals surface area contributed by atoms with Crippen molar-refractivity contribution in [2.45, 2.75) is 4.90 Å². The monoisotopic (exact) mass is 557 g/mol. The third kappa shape index (κ3) is 9.42. The maximum absolute atomic E-state index is 12.1. The summed E-state index contributed by atoms with van der Waals surface area (Å²) in [5, 5.41) is 21.1. The SMILES string of the molecule is CN(C)C=O.O.O=c1cc(-c2ccccc2)oc2cc(O)c(S(=O)(=O)[O-])c([O-])c12.[Ni+2].[OH3+].[OH3+].[OH3+].[OH3+]. The maximum Gasteiger partial charge on any atom is 2.00 e. The summed E-state index contributed by atoms with van der Waals surface area (Å²) in [4.78, 5) is 21.7. The number of fused-ring (bicyclic) bond motifs is 1. The van der Waals surface area contributed by atoms with Crippen LogP contribution < -0.4 is 10.5 Å². The van der Waals surface area contributed by atoms with Crippen LogP contribution in [0, 0.1) is 0 Å². The predicted molar refractivity (Wildman–Crippen MR) is 120 cm³/mol. The molecule has 2 aromatic carbocycles. The first-order valence-electron chi connectivity index (χ1n) is 7.70. The summed E-state index contributed by atoms with van der Waals surface area (Å²) in [6.07, 6.45) is 0.750. The van der Waals surface area contributed by atoms with Crippen molar-refractivity contribution in [3.63, 3.8) is 0 Å². The Morgan fingerprint density at radius 1 is 1.03 bits per heavy atom. The van der Waals surface area contributed by atoms with E-state index in [4.69, 9.17) is 4.42 Å². The number of carbonyl (C=O) groups excluding carboxylic acids is 1. The Kier molecular flexibility index (Phi) is 20.0. The molecular formula is C18H29NNiO13S+4. The number of rotatable bonds is 3. The fourth-order valence-electron chi connectivity index (χ4n) is 2.24. The van der Waals surface area contributed by atoms with Gasteiger partial charge in [0.1, 0.15) is 27.2 Å². The standard InChI is InChI=1S/C15H10O7S.C3H7NO.Ni.5H2O/c16-9-6-11(8-4-2-1-3-5-8)22-12-7-10(17)15(23(19,20)21)14(18)13(9)12;1-4(2)3-5;;;;;;/h1-7,17-18H,(H,19,20,21);3H,1-2H3;;5*1H2/q;;+2;;;;;/p+2. The molecule has 0 saturated carbocycles. The molecule has 196 valence electrons. The van der Waals surface area contributed by atoms with Crippen molar-refractivity contribution in [2.75, 3.05) is 14.1 Å². The molecule has 1 aromatic heterocycles. The maximum atomic E-state index is 12.1. The van der Waals surface area contributed by atoms with Crippen LogP contribution >= 0.6 is 0 Å². The number of nitrogens with zero attached hydrogens (tertiary/aromatic N) is 1. The van der Waals surface area contributed by atoms with Crippen LogP contribution in [0.3, 0.4) is 0 Å². The number of benzene rings is 2. The second kappa shape index (κ2) is 16.5. The Balaban J connectivity index is -0.000000233. The summed E-state index contributed by atoms with van der Waals surface area (Å²) in [6, 6.07) is 10.3. The second-order valence-corrected chi connectivity index (χ2v) is 7.11. The van der Waals surface area contributed by atoms with E-state index < -0.39 is 37.3 Å². The molecule has 0 aliphatic heterocycles. The Labute approximate surface area is 203 Å². The fourth-order valence-corrected chi connectivity index (χ4v) is 2.89. The molecule has 14 nitrogen and oxygen atoms in total. The molecule has 3 rings (SSSR count). The van der Waals surface area contributed by atoms with Crippen molar-refractivity contribution >= 4 is 27.5 Å². The molecule has 0 unspecified atom stereocenters. The van der Waals surface area contributed by atoms with E-state index in [0.29, 0.717) is 5.56 Å². The van der Waals surface area contributed by atoms with Gasteiger partial charge in [0.15, 0.2) is 5.43 Å². The first-order chi connectivity index (χ1) is 13.1. The molecule has 3 aromatic rings. The Morgan fingerprint density at radius 3 is 1.91 bits per heavy atom. The van der Waals surface area contributed by atoms with E-state index in [-0.39, 0.29) is 55.2 Å². The summed E-state index contributed by atoms with van der Waals surface area (Å²) in [5.74, 6) is -2.28. The number of hydrogen-bond donors (Lipinski definition) is 1. The summed E-state index contributed by atoms with van der Waals surface area (Å²) in [7, 11) is -1.85. The Hall–Kier alpha value is -3.08. The molecule has 34 heavy (non-hydrogen) atoms. The minimum Gasteiger partial charge on any atom is -0.871 e. The Morgan fingerprint density at radius 2 is 1.50 bits per heavy atom. The zero-order chi connectivity index (χ0) is 21.1. The first-order valence-corrected chi connectivity index (χ1v) is 9.11. The topological polar surface area (TPSA) is 315 Å². The van der Waals surface area contributed by atoms with Crippen LogP contribution in [0.2, 0.25) is 0 Å². The second-order valence-electron chi connectivity index (χ2n) is 5.79. The van der Waals surface area contributed by atoms with Crippen LogP contribution in [0.5, 0.6) is 11.5 Å². The molecule has 0 spiro atoms. The average molecular weight is 558 g/mol. The van der Waals surface area contributed by atoms with Gasteiger partial charge in [-0.3, -0.25) is 9.59 Å². The van der Waals surface area contributed by atoms with Crippen molar-refractivity contribution < 1.29 is 76.3 Å². The predicted octanol–water partition coefficient (Wildman–Crippen LogP) is -3.67. The first kappa shape index (κ1) is 41.2. The zero-order valence-electron chi connectivity index (χ0n) is 17.9. The number of phenols is 1. The molecule has 0 bridgehead atoms. The average Bonchev–Trinajstić information content (AvgIpc) is 2.61. The van der Waals surface area contributed by atoms with E-state index >= 15 is 0 Å². The molecule has 1 heterocycles. The van der Waals surface area contributed by atoms with E-state index in [0.717, 1.165) is 18.5 Å². The van der Waals surface area contributed by atoms with Gasteiger partial charge in [0.05, 0.1) is 10.3 Å². The summed E-state index contributed by atoms with van der Waals surface area (Å²) >= 11 is 0. The van der Waals surface area contributed by atoms with Crippen molar-refractivity contribution in [2.24, 2.45) is 0 Å². The quantitative estimate of drug-likeness (QED) is 0.144. The van der Waals surface area contributed by atoms with E-state index in [1.165, 1.54) is 4.90 Å². The van der Waals surface area contributed by atoms with Crippen molar-refractivity contribution in [1.29, 1.82) is 0 Å². The minimum absolute atomic E-state index is 0. The normalized spacial score (nSPS) is 8.91. The van der Waals surface area contributed by atoms with Crippen LogP contribution in [-0.2, 0) is 53.3 Å². The molecule has 0 atom stereocenters. The number of hydrogen-bond acceptors (Lipinski definition) is 8. The van der Waals surface area contributed by atoms with Crippen LogP contribution in [0.25, 0.3) is 22.3 Å². The molecule has 0 saturated heterocycles. The van der Waals surface area contributed by atoms with Crippen molar-refractivity contribution in [3.05, 3.63) is 52.7 Å². The van der Waals surface area contributed by atoms with E-state index in [9.17, 15) is 32.8 Å². The van der Waals surface area contributed by atoms with Gasteiger partial charge in [0.25, 0.3) is 0 Å². The minimum atomic E-state index is -5.23. The molecule has 0 aliphatic rings. The van der Waals surface area contributed by atoms with Gasteiger partial charge in [0.2, 0.25) is 6.41 Å². The van der Waals surface area contributed by atoms with Crippen molar-refractivity contribution in [3.8, 4) is 22.8 Å². The van der Waals surface area contributed by atoms with E-state index in [1.807, 2.05) is 0 Å². The molecule has 15 N–H and O–H groups in total. The fraction of sp³-hybridized carbons (Fsp3) is 0.111. The van der Waals surface area contributed by atoms with Crippen molar-refractivity contribution in [1.82, 2.24) is 4.90 Å². The summed E-state index contributed by atoms with van der Waals surface area (Å²) in [6.45, 7) is 0. The number of phenolic OH excluding ortho intramolecular Hbond substituents is 1. The van der Waals surface area contributed by atoms with Crippen LogP contribution in [0.1, 0.15) is 0 Å². The number of carbonyl (C=O) groups is 1. The summed E-state index contributed by atoms with van der Waals surface area (Å²) < 4.78 is 38.6. The molecule has 0 fully saturated rings. The smallest absolute Gasteiger partial charge is 0.871 e. The largest absolute Gasteiger partial charge is 2.00 e. The molecule has 16 heteroatoms. The zero-order valence-corrected chi connectivity index (χ0v) is 19.7. The Bertz CT molecular complexity index is 1180. The van der Waals surface area contributed by atoms with Gasteiger partial charge < -0.3 is 51.5 Å². The van der Waals surface area contributed by atoms with Gasteiger partial charge in [-0.25, -0.2) is 8.42 Å². The molecule has 0 aliphatic carbocycles.